The van der Waals surface area contributed by atoms with Gasteiger partial charge in [0.1, 0.15) is 0 Å². The molecule has 1 fully saturated rings. The quantitative estimate of drug-likeness (QED) is 0.892. The summed E-state index contributed by atoms with van der Waals surface area (Å²) in [7, 11) is 0. The van der Waals surface area contributed by atoms with Crippen molar-refractivity contribution in [2.45, 2.75) is 33.2 Å². The maximum atomic E-state index is 12.5. The molecule has 1 aliphatic rings. The summed E-state index contributed by atoms with van der Waals surface area (Å²) in [5.41, 5.74) is 2.26. The lowest BCUT2D eigenvalue weighted by molar-refractivity contribution is 0.0955. The van der Waals surface area contributed by atoms with E-state index in [1.807, 2.05) is 36.6 Å². The molecular weight excluding hydrogens is 310 g/mol. The third kappa shape index (κ3) is 4.64. The summed E-state index contributed by atoms with van der Waals surface area (Å²) in [5.74, 6) is 1.99. The normalized spacial score (nSPS) is 18.2. The molecule has 0 bridgehead atoms. The van der Waals surface area contributed by atoms with Crippen LogP contribution in [0.5, 0.6) is 0 Å². The fourth-order valence-corrected chi connectivity index (χ4v) is 3.63. The van der Waals surface area contributed by atoms with Crippen LogP contribution in [0, 0.1) is 6.92 Å². The predicted octanol–water partition coefficient (Wildman–Crippen LogP) is 3.10. The molecule has 0 aromatic heterocycles. The molecular formula is C17H25N3O2S. The number of anilines is 1. The molecule has 6 heteroatoms. The minimum absolute atomic E-state index is 0.0612. The van der Waals surface area contributed by atoms with Gasteiger partial charge in [0.15, 0.2) is 0 Å². The zero-order valence-electron chi connectivity index (χ0n) is 14.0. The highest BCUT2D eigenvalue weighted by Crippen LogP contribution is 2.20. The van der Waals surface area contributed by atoms with E-state index in [2.05, 4.69) is 17.6 Å². The Labute approximate surface area is 142 Å². The van der Waals surface area contributed by atoms with Crippen molar-refractivity contribution in [3.8, 4) is 0 Å². The van der Waals surface area contributed by atoms with Gasteiger partial charge in [-0.25, -0.2) is 4.79 Å². The van der Waals surface area contributed by atoms with Crippen LogP contribution in [0.3, 0.4) is 0 Å². The van der Waals surface area contributed by atoms with Crippen molar-refractivity contribution in [3.63, 3.8) is 0 Å². The molecule has 1 atom stereocenters. The van der Waals surface area contributed by atoms with Crippen LogP contribution < -0.4 is 10.6 Å². The largest absolute Gasteiger partial charge is 0.352 e. The monoisotopic (exact) mass is 335 g/mol. The number of rotatable bonds is 3. The molecule has 0 unspecified atom stereocenters. The van der Waals surface area contributed by atoms with Crippen LogP contribution in [0.1, 0.15) is 36.2 Å². The average Bonchev–Trinajstić information content (AvgIpc) is 2.74. The Balaban J connectivity index is 2.07. The van der Waals surface area contributed by atoms with Gasteiger partial charge in [-0.05, 0) is 56.7 Å². The third-order valence-electron chi connectivity index (χ3n) is 4.02. The van der Waals surface area contributed by atoms with E-state index in [0.29, 0.717) is 12.1 Å². The minimum atomic E-state index is -0.0911. The number of nitrogens with one attached hydrogen (secondary N) is 2. The molecule has 126 valence electrons. The number of benzene rings is 1. The summed E-state index contributed by atoms with van der Waals surface area (Å²) in [6.45, 7) is 7.26. The van der Waals surface area contributed by atoms with Crippen LogP contribution in [-0.2, 0) is 0 Å². The van der Waals surface area contributed by atoms with E-state index in [9.17, 15) is 9.59 Å². The van der Waals surface area contributed by atoms with E-state index in [1.165, 1.54) is 0 Å². The Morgan fingerprint density at radius 1 is 1.35 bits per heavy atom. The molecule has 23 heavy (non-hydrogen) atoms. The van der Waals surface area contributed by atoms with Gasteiger partial charge >= 0.3 is 6.03 Å². The average molecular weight is 335 g/mol. The fourth-order valence-electron chi connectivity index (χ4n) is 2.59. The van der Waals surface area contributed by atoms with E-state index in [0.717, 1.165) is 35.7 Å². The summed E-state index contributed by atoms with van der Waals surface area (Å²) < 4.78 is 0. The van der Waals surface area contributed by atoms with Crippen molar-refractivity contribution in [1.29, 1.82) is 0 Å². The maximum absolute atomic E-state index is 12.5. The molecule has 1 heterocycles. The minimum Gasteiger partial charge on any atom is -0.352 e. The lowest BCUT2D eigenvalue weighted by atomic mass is 10.1. The molecule has 5 nitrogen and oxygen atoms in total. The zero-order valence-corrected chi connectivity index (χ0v) is 14.8. The van der Waals surface area contributed by atoms with Crippen molar-refractivity contribution in [2.24, 2.45) is 0 Å². The highest BCUT2D eigenvalue weighted by molar-refractivity contribution is 7.99. The van der Waals surface area contributed by atoms with Gasteiger partial charge in [0, 0.05) is 36.1 Å². The summed E-state index contributed by atoms with van der Waals surface area (Å²) in [4.78, 5) is 26.3. The van der Waals surface area contributed by atoms with Crippen LogP contribution in [0.4, 0.5) is 10.5 Å². The van der Waals surface area contributed by atoms with Crippen molar-refractivity contribution in [2.75, 3.05) is 29.9 Å². The predicted molar refractivity (Wildman–Crippen MR) is 96.3 cm³/mol. The second-order valence-corrected chi connectivity index (χ2v) is 6.99. The molecule has 0 saturated carbocycles. The number of aryl methyl sites for hydroxylation is 1. The molecule has 1 aromatic carbocycles. The van der Waals surface area contributed by atoms with Crippen molar-refractivity contribution in [3.05, 3.63) is 29.3 Å². The Kier molecular flexibility index (Phi) is 6.33. The number of carbonyl (C=O) groups is 2. The molecule has 3 amide bonds. The highest BCUT2D eigenvalue weighted by atomic mass is 32.2. The second-order valence-electron chi connectivity index (χ2n) is 5.76. The fraction of sp³-hybridized carbons (Fsp3) is 0.529. The summed E-state index contributed by atoms with van der Waals surface area (Å²) >= 11 is 1.89. The lowest BCUT2D eigenvalue weighted by Crippen LogP contribution is -2.42. The van der Waals surface area contributed by atoms with E-state index in [-0.39, 0.29) is 18.0 Å². The van der Waals surface area contributed by atoms with Gasteiger partial charge in [0.2, 0.25) is 0 Å². The lowest BCUT2D eigenvalue weighted by Gasteiger charge is -2.27. The summed E-state index contributed by atoms with van der Waals surface area (Å²) in [6, 6.07) is 5.54. The number of nitrogens with zero attached hydrogens (tertiary/aromatic N) is 1. The number of carbonyl (C=O) groups excluding carboxylic acids is 2. The van der Waals surface area contributed by atoms with Crippen LogP contribution in [0.2, 0.25) is 0 Å². The molecule has 0 radical (unpaired) electrons. The second kappa shape index (κ2) is 8.24. The molecule has 0 spiro atoms. The number of amides is 3. The molecule has 2 N–H and O–H groups in total. The van der Waals surface area contributed by atoms with Gasteiger partial charge in [0.05, 0.1) is 0 Å². The number of hydrogen-bond donors (Lipinski definition) is 2. The van der Waals surface area contributed by atoms with Gasteiger partial charge in [-0.3, -0.25) is 4.79 Å². The van der Waals surface area contributed by atoms with Gasteiger partial charge in [-0.15, -0.1) is 0 Å². The molecule has 0 aliphatic carbocycles. The smallest absolute Gasteiger partial charge is 0.322 e. The first-order valence-electron chi connectivity index (χ1n) is 8.07. The van der Waals surface area contributed by atoms with Crippen molar-refractivity contribution >= 4 is 29.4 Å². The Morgan fingerprint density at radius 2 is 2.13 bits per heavy atom. The maximum Gasteiger partial charge on any atom is 0.322 e. The summed E-state index contributed by atoms with van der Waals surface area (Å²) in [5, 5.41) is 5.76. The highest BCUT2D eigenvalue weighted by Gasteiger charge is 2.22. The van der Waals surface area contributed by atoms with Gasteiger partial charge in [0.25, 0.3) is 5.91 Å². The van der Waals surface area contributed by atoms with Crippen molar-refractivity contribution in [1.82, 2.24) is 10.2 Å². The standard InChI is InChI=1S/C17H25N3O2S/c1-4-18-16(21)14-5-6-15(12(2)11-14)19-17(22)20-8-10-23-9-7-13(20)3/h5-6,11,13H,4,7-10H2,1-3H3,(H,18,21)(H,19,22)/t13-/m0/s1. The summed E-state index contributed by atoms with van der Waals surface area (Å²) in [6.07, 6.45) is 1.02. The molecule has 2 rings (SSSR count). The van der Waals surface area contributed by atoms with E-state index >= 15 is 0 Å². The van der Waals surface area contributed by atoms with Gasteiger partial charge in [-0.2, -0.15) is 11.8 Å². The first-order chi connectivity index (χ1) is 11.0. The zero-order chi connectivity index (χ0) is 16.8. The first kappa shape index (κ1) is 17.7. The Bertz CT molecular complexity index is 577. The molecule has 1 aromatic rings. The van der Waals surface area contributed by atoms with Crippen LogP contribution >= 0.6 is 11.8 Å². The van der Waals surface area contributed by atoms with Crippen LogP contribution in [0.25, 0.3) is 0 Å². The SMILES string of the molecule is CCNC(=O)c1ccc(NC(=O)N2CCSCC[C@@H]2C)c(C)c1. The number of thioether (sulfide) groups is 1. The molecule has 1 saturated heterocycles. The van der Waals surface area contributed by atoms with E-state index in [1.54, 1.807) is 12.1 Å². The third-order valence-corrected chi connectivity index (χ3v) is 5.01. The number of urea groups is 1. The van der Waals surface area contributed by atoms with E-state index < -0.39 is 0 Å². The van der Waals surface area contributed by atoms with Gasteiger partial charge < -0.3 is 15.5 Å². The number of hydrogen-bond acceptors (Lipinski definition) is 3. The van der Waals surface area contributed by atoms with Crippen molar-refractivity contribution < 1.29 is 9.59 Å². The Hall–Kier alpha value is -1.69. The molecule has 1 aliphatic heterocycles. The first-order valence-corrected chi connectivity index (χ1v) is 9.22. The topological polar surface area (TPSA) is 61.4 Å². The van der Waals surface area contributed by atoms with E-state index in [4.69, 9.17) is 0 Å². The van der Waals surface area contributed by atoms with Crippen LogP contribution in [0.15, 0.2) is 18.2 Å². The van der Waals surface area contributed by atoms with Crippen LogP contribution in [-0.4, -0.2) is 47.5 Å². The van der Waals surface area contributed by atoms with Gasteiger partial charge in [-0.1, -0.05) is 0 Å². The Morgan fingerprint density at radius 3 is 2.83 bits per heavy atom.